The highest BCUT2D eigenvalue weighted by molar-refractivity contribution is 6.37. The quantitative estimate of drug-likeness (QED) is 0.366. The molecule has 31 heavy (non-hydrogen) atoms. The van der Waals surface area contributed by atoms with Crippen LogP contribution in [0.2, 0.25) is 5.02 Å². The van der Waals surface area contributed by atoms with Crippen LogP contribution in [0.3, 0.4) is 0 Å². The van der Waals surface area contributed by atoms with E-state index in [-0.39, 0.29) is 11.8 Å². The van der Waals surface area contributed by atoms with E-state index in [4.69, 9.17) is 11.6 Å². The van der Waals surface area contributed by atoms with Crippen LogP contribution in [0.15, 0.2) is 54.2 Å². The molecule has 0 N–H and O–H groups in total. The van der Waals surface area contributed by atoms with Crippen molar-refractivity contribution in [2.45, 2.75) is 51.9 Å². The molecule has 0 saturated carbocycles. The van der Waals surface area contributed by atoms with Gasteiger partial charge in [0, 0.05) is 23.8 Å². The zero-order valence-electron chi connectivity index (χ0n) is 18.1. The minimum atomic E-state index is -0.194. The first-order valence-corrected chi connectivity index (χ1v) is 11.7. The summed E-state index contributed by atoms with van der Waals surface area (Å²) in [5, 5.41) is 0.609. The van der Waals surface area contributed by atoms with E-state index >= 15 is 0 Å². The minimum Gasteiger partial charge on any atom is -0.336 e. The summed E-state index contributed by atoms with van der Waals surface area (Å²) in [5.74, 6) is -0.375. The van der Waals surface area contributed by atoms with Gasteiger partial charge in [-0.3, -0.25) is 14.5 Å². The molecule has 2 aromatic rings. The predicted octanol–water partition coefficient (Wildman–Crippen LogP) is 5.84. The number of nitrogens with zero attached hydrogens (tertiary/aromatic N) is 2. The SMILES string of the molecule is CCCCCCCCN1C(=O)C(c2ccc(Cl)cc2)=C(N2CCc3ccccc32)C1=O. The highest BCUT2D eigenvalue weighted by atomic mass is 35.5. The molecule has 4 rings (SSSR count). The van der Waals surface area contributed by atoms with Crippen LogP contribution in [0.4, 0.5) is 5.69 Å². The van der Waals surface area contributed by atoms with Crippen molar-refractivity contribution in [2.24, 2.45) is 0 Å². The van der Waals surface area contributed by atoms with Crippen molar-refractivity contribution < 1.29 is 9.59 Å². The molecule has 2 aliphatic rings. The van der Waals surface area contributed by atoms with Gasteiger partial charge in [-0.15, -0.1) is 0 Å². The average Bonchev–Trinajstić information content (AvgIpc) is 3.30. The van der Waals surface area contributed by atoms with E-state index in [1.807, 2.05) is 35.2 Å². The summed E-state index contributed by atoms with van der Waals surface area (Å²) in [7, 11) is 0. The fourth-order valence-electron chi connectivity index (χ4n) is 4.51. The molecule has 0 radical (unpaired) electrons. The number of rotatable bonds is 9. The van der Waals surface area contributed by atoms with Crippen LogP contribution in [-0.2, 0) is 16.0 Å². The van der Waals surface area contributed by atoms with Crippen LogP contribution in [0.5, 0.6) is 0 Å². The van der Waals surface area contributed by atoms with E-state index in [0.717, 1.165) is 36.9 Å². The maximum Gasteiger partial charge on any atom is 0.278 e. The van der Waals surface area contributed by atoms with Gasteiger partial charge in [-0.05, 0) is 42.2 Å². The Morgan fingerprint density at radius 3 is 2.35 bits per heavy atom. The lowest BCUT2D eigenvalue weighted by Gasteiger charge is -2.21. The maximum atomic E-state index is 13.5. The number of imide groups is 1. The normalized spacial score (nSPS) is 15.9. The van der Waals surface area contributed by atoms with E-state index in [1.165, 1.54) is 29.7 Å². The summed E-state index contributed by atoms with van der Waals surface area (Å²) in [5.41, 5.74) is 3.96. The molecule has 0 bridgehead atoms. The van der Waals surface area contributed by atoms with Crippen molar-refractivity contribution in [1.82, 2.24) is 4.90 Å². The van der Waals surface area contributed by atoms with Crippen molar-refractivity contribution in [1.29, 1.82) is 0 Å². The molecular weight excluding hydrogens is 408 g/mol. The van der Waals surface area contributed by atoms with Crippen LogP contribution in [0.25, 0.3) is 5.57 Å². The summed E-state index contributed by atoms with van der Waals surface area (Å²) < 4.78 is 0. The number of unbranched alkanes of at least 4 members (excludes halogenated alkanes) is 5. The molecule has 0 aliphatic carbocycles. The zero-order valence-corrected chi connectivity index (χ0v) is 18.8. The zero-order chi connectivity index (χ0) is 21.8. The van der Waals surface area contributed by atoms with Gasteiger partial charge in [-0.25, -0.2) is 0 Å². The fourth-order valence-corrected chi connectivity index (χ4v) is 4.64. The van der Waals surface area contributed by atoms with Gasteiger partial charge in [0.15, 0.2) is 0 Å². The third-order valence-corrected chi connectivity index (χ3v) is 6.42. The van der Waals surface area contributed by atoms with Gasteiger partial charge in [0.05, 0.1) is 5.57 Å². The van der Waals surface area contributed by atoms with Crippen molar-refractivity contribution in [2.75, 3.05) is 18.0 Å². The molecule has 2 amide bonds. The van der Waals surface area contributed by atoms with Crippen LogP contribution in [-0.4, -0.2) is 29.8 Å². The van der Waals surface area contributed by atoms with Gasteiger partial charge >= 0.3 is 0 Å². The molecular formula is C26H29ClN2O2. The Hall–Kier alpha value is -2.59. The molecule has 0 atom stereocenters. The number of halogens is 1. The first kappa shape index (κ1) is 21.6. The Labute approximate surface area is 189 Å². The van der Waals surface area contributed by atoms with Crippen molar-refractivity contribution in [3.63, 3.8) is 0 Å². The maximum absolute atomic E-state index is 13.5. The molecule has 4 nitrogen and oxygen atoms in total. The Balaban J connectivity index is 1.62. The monoisotopic (exact) mass is 436 g/mol. The van der Waals surface area contributed by atoms with Gasteiger partial charge in [-0.2, -0.15) is 0 Å². The first-order valence-electron chi connectivity index (χ1n) is 11.3. The number of benzene rings is 2. The number of hydrogen-bond acceptors (Lipinski definition) is 3. The number of anilines is 1. The predicted molar refractivity (Wildman–Crippen MR) is 126 cm³/mol. The highest BCUT2D eigenvalue weighted by Gasteiger charge is 2.42. The first-order chi connectivity index (χ1) is 15.1. The number of para-hydroxylation sites is 1. The third kappa shape index (κ3) is 4.40. The lowest BCUT2D eigenvalue weighted by molar-refractivity contribution is -0.136. The summed E-state index contributed by atoms with van der Waals surface area (Å²) >= 11 is 6.07. The number of amides is 2. The van der Waals surface area contributed by atoms with Crippen molar-refractivity contribution >= 4 is 34.7 Å². The second-order valence-corrected chi connectivity index (χ2v) is 8.73. The molecule has 0 fully saturated rings. The van der Waals surface area contributed by atoms with Gasteiger partial charge in [0.2, 0.25) is 0 Å². The van der Waals surface area contributed by atoms with Gasteiger partial charge in [-0.1, -0.05) is 81.0 Å². The molecule has 2 heterocycles. The van der Waals surface area contributed by atoms with E-state index in [9.17, 15) is 9.59 Å². The van der Waals surface area contributed by atoms with E-state index in [1.54, 1.807) is 12.1 Å². The van der Waals surface area contributed by atoms with Gasteiger partial charge in [0.1, 0.15) is 5.70 Å². The Morgan fingerprint density at radius 1 is 0.871 bits per heavy atom. The van der Waals surface area contributed by atoms with E-state index in [2.05, 4.69) is 13.0 Å². The second-order valence-electron chi connectivity index (χ2n) is 8.29. The molecule has 0 spiro atoms. The number of carbonyl (C=O) groups excluding carboxylic acids is 2. The van der Waals surface area contributed by atoms with Crippen molar-refractivity contribution in [3.05, 3.63) is 70.4 Å². The van der Waals surface area contributed by atoms with Crippen LogP contribution in [0, 0.1) is 0 Å². The second kappa shape index (κ2) is 9.69. The minimum absolute atomic E-state index is 0.180. The summed E-state index contributed by atoms with van der Waals surface area (Å²) in [4.78, 5) is 30.4. The number of carbonyl (C=O) groups is 2. The molecule has 0 saturated heterocycles. The smallest absolute Gasteiger partial charge is 0.278 e. The van der Waals surface area contributed by atoms with E-state index < -0.39 is 0 Å². The summed E-state index contributed by atoms with van der Waals surface area (Å²) in [6.45, 7) is 3.37. The Bertz CT molecular complexity index is 997. The lowest BCUT2D eigenvalue weighted by atomic mass is 10.0. The Kier molecular flexibility index (Phi) is 6.77. The average molecular weight is 437 g/mol. The van der Waals surface area contributed by atoms with Crippen LogP contribution in [0.1, 0.15) is 56.6 Å². The molecule has 0 unspecified atom stereocenters. The molecule has 162 valence electrons. The van der Waals surface area contributed by atoms with Crippen LogP contribution < -0.4 is 4.90 Å². The van der Waals surface area contributed by atoms with Crippen LogP contribution >= 0.6 is 11.6 Å². The third-order valence-electron chi connectivity index (χ3n) is 6.17. The standard InChI is InChI=1S/C26H29ClN2O2/c1-2-3-4-5-6-9-17-29-25(30)23(20-12-14-21(27)15-13-20)24(26(29)31)28-18-16-19-10-7-8-11-22(19)28/h7-8,10-15H,2-6,9,16-18H2,1H3. The van der Waals surface area contributed by atoms with Crippen molar-refractivity contribution in [3.8, 4) is 0 Å². The fraction of sp³-hybridized carbons (Fsp3) is 0.385. The molecule has 2 aromatic carbocycles. The largest absolute Gasteiger partial charge is 0.336 e. The number of hydrogen-bond donors (Lipinski definition) is 0. The summed E-state index contributed by atoms with van der Waals surface area (Å²) in [6, 6.07) is 15.3. The Morgan fingerprint density at radius 2 is 1.58 bits per heavy atom. The van der Waals surface area contributed by atoms with Gasteiger partial charge < -0.3 is 4.90 Å². The molecule has 2 aliphatic heterocycles. The molecule has 5 heteroatoms. The lowest BCUT2D eigenvalue weighted by Crippen LogP contribution is -2.35. The van der Waals surface area contributed by atoms with Gasteiger partial charge in [0.25, 0.3) is 11.8 Å². The topological polar surface area (TPSA) is 40.6 Å². The highest BCUT2D eigenvalue weighted by Crippen LogP contribution is 2.38. The molecule has 0 aromatic heterocycles. The number of fused-ring (bicyclic) bond motifs is 1. The summed E-state index contributed by atoms with van der Waals surface area (Å²) in [6.07, 6.45) is 7.55. The van der Waals surface area contributed by atoms with E-state index in [0.29, 0.717) is 29.4 Å².